The van der Waals surface area contributed by atoms with E-state index in [2.05, 4.69) is 0 Å². The van der Waals surface area contributed by atoms with Gasteiger partial charge in [0, 0.05) is 46.1 Å². The number of carbonyl (C=O) groups is 6. The molecule has 2 saturated carbocycles. The van der Waals surface area contributed by atoms with Crippen molar-refractivity contribution in [3.05, 3.63) is 23.3 Å². The van der Waals surface area contributed by atoms with Gasteiger partial charge in [0.05, 0.1) is 48.4 Å². The molecule has 13 heteroatoms. The van der Waals surface area contributed by atoms with Crippen molar-refractivity contribution in [1.29, 1.82) is 0 Å². The first-order valence-electron chi connectivity index (χ1n) is 21.4. The fourth-order valence-electron chi connectivity index (χ4n) is 10.3. The predicted molar refractivity (Wildman–Crippen MR) is 215 cm³/mol. The summed E-state index contributed by atoms with van der Waals surface area (Å²) in [4.78, 5) is 87.2. The molecular formula is C45H69NO12. The molecule has 1 amide bonds. The van der Waals surface area contributed by atoms with Gasteiger partial charge in [0.1, 0.15) is 5.78 Å². The summed E-state index contributed by atoms with van der Waals surface area (Å²) < 4.78 is 17.1. The Hall–Kier alpha value is -2.94. The number of carbonyl (C=O) groups excluding carboxylic acids is 6. The zero-order valence-corrected chi connectivity index (χ0v) is 36.1. The van der Waals surface area contributed by atoms with Gasteiger partial charge in [0.25, 0.3) is 11.7 Å². The standard InChI is InChI=1S/C45H69NO12/c1-10-30-18-24(2)17-25(3)19-36(57-8)39-37(58-9)21-27(5)45(55,42(39)52)43(53)44(54)46-16-12-11-13-31(46)40(50)41(51)38(28(6)33(48)23-34(30)49)26(4)20-29-14-15-32(47)35(22-29)56-7/h18,20,25,27-33,35-39,47-48,55H,10-17,19,21-23H2,1-9H3. The van der Waals surface area contributed by atoms with E-state index < -0.39 is 101 Å². The van der Waals surface area contributed by atoms with Crippen LogP contribution in [0.1, 0.15) is 112 Å². The van der Waals surface area contributed by atoms with Crippen LogP contribution in [0.15, 0.2) is 23.3 Å². The fourth-order valence-corrected chi connectivity index (χ4v) is 10.3. The van der Waals surface area contributed by atoms with Crippen LogP contribution >= 0.6 is 0 Å². The van der Waals surface area contributed by atoms with E-state index in [4.69, 9.17) is 14.2 Å². The highest BCUT2D eigenvalue weighted by molar-refractivity contribution is 6.46. The van der Waals surface area contributed by atoms with Crippen LogP contribution in [0.2, 0.25) is 0 Å². The minimum Gasteiger partial charge on any atom is -0.392 e. The third-order valence-corrected chi connectivity index (χ3v) is 13.8. The number of ether oxygens (including phenoxy) is 3. The van der Waals surface area contributed by atoms with Gasteiger partial charge >= 0.3 is 0 Å². The Morgan fingerprint density at radius 2 is 1.48 bits per heavy atom. The molecule has 326 valence electrons. The summed E-state index contributed by atoms with van der Waals surface area (Å²) in [6.45, 7) is 10.6. The first-order chi connectivity index (χ1) is 27.3. The van der Waals surface area contributed by atoms with Gasteiger partial charge in [-0.05, 0) is 95.8 Å². The third kappa shape index (κ3) is 10.1. The van der Waals surface area contributed by atoms with E-state index in [0.717, 1.165) is 10.5 Å². The second-order valence-corrected chi connectivity index (χ2v) is 17.9. The average Bonchev–Trinajstić information content (AvgIpc) is 3.20. The van der Waals surface area contributed by atoms with Crippen molar-refractivity contribution >= 4 is 34.8 Å². The van der Waals surface area contributed by atoms with Gasteiger partial charge in [-0.2, -0.15) is 0 Å². The normalized spacial score (nSPS) is 39.9. The summed E-state index contributed by atoms with van der Waals surface area (Å²) in [5.41, 5.74) is -1.31. The Morgan fingerprint density at radius 3 is 2.10 bits per heavy atom. The van der Waals surface area contributed by atoms with E-state index in [1.54, 1.807) is 13.8 Å². The number of hydrogen-bond donors (Lipinski definition) is 3. The quantitative estimate of drug-likeness (QED) is 0.197. The summed E-state index contributed by atoms with van der Waals surface area (Å²) in [5, 5.41) is 34.3. The molecule has 14 unspecified atom stereocenters. The number of nitrogens with zero attached hydrogens (tertiary/aromatic N) is 1. The second-order valence-electron chi connectivity index (χ2n) is 17.9. The van der Waals surface area contributed by atoms with Crippen molar-refractivity contribution in [1.82, 2.24) is 4.90 Å². The monoisotopic (exact) mass is 815 g/mol. The zero-order chi connectivity index (χ0) is 43.2. The molecule has 2 aliphatic carbocycles. The van der Waals surface area contributed by atoms with Crippen LogP contribution in [0.4, 0.5) is 0 Å². The Morgan fingerprint density at radius 1 is 0.845 bits per heavy atom. The van der Waals surface area contributed by atoms with Gasteiger partial charge in [-0.15, -0.1) is 0 Å². The number of amides is 1. The van der Waals surface area contributed by atoms with E-state index in [1.165, 1.54) is 28.3 Å². The maximum atomic E-state index is 14.7. The van der Waals surface area contributed by atoms with Crippen LogP contribution < -0.4 is 0 Å². The minimum atomic E-state index is -2.73. The highest BCUT2D eigenvalue weighted by Crippen LogP contribution is 2.41. The van der Waals surface area contributed by atoms with Crippen molar-refractivity contribution < 1.29 is 58.3 Å². The molecule has 0 aromatic rings. The Kier molecular flexibility index (Phi) is 16.9. The molecule has 3 fully saturated rings. The molecule has 1 saturated heterocycles. The molecule has 2 bridgehead atoms. The topological polar surface area (TPSA) is 194 Å². The van der Waals surface area contributed by atoms with Gasteiger partial charge in [-0.3, -0.25) is 28.8 Å². The van der Waals surface area contributed by atoms with Crippen molar-refractivity contribution in [3.63, 3.8) is 0 Å². The number of Topliss-reactive ketones (excluding diaryl/α,β-unsaturated/α-hetero) is 5. The highest BCUT2D eigenvalue weighted by atomic mass is 16.5. The van der Waals surface area contributed by atoms with Crippen LogP contribution in [0.25, 0.3) is 0 Å². The lowest BCUT2D eigenvalue weighted by Gasteiger charge is -2.45. The van der Waals surface area contributed by atoms with Crippen LogP contribution in [0.5, 0.6) is 0 Å². The number of hydrogen-bond acceptors (Lipinski definition) is 12. The van der Waals surface area contributed by atoms with Crippen LogP contribution in [0, 0.1) is 41.4 Å². The Bertz CT molecular complexity index is 1590. The number of aliphatic hydroxyl groups excluding tert-OH is 2. The number of fused-ring (bicyclic) bond motifs is 3. The summed E-state index contributed by atoms with van der Waals surface area (Å²) >= 11 is 0. The molecule has 2 heterocycles. The van der Waals surface area contributed by atoms with Crippen LogP contribution in [-0.4, -0.2) is 125 Å². The average molecular weight is 816 g/mol. The van der Waals surface area contributed by atoms with Crippen molar-refractivity contribution in [2.45, 2.75) is 154 Å². The van der Waals surface area contributed by atoms with E-state index >= 15 is 0 Å². The number of piperidine rings is 1. The van der Waals surface area contributed by atoms with Gasteiger partial charge in [0.2, 0.25) is 11.6 Å². The van der Waals surface area contributed by atoms with Crippen LogP contribution in [-0.2, 0) is 43.0 Å². The zero-order valence-electron chi connectivity index (χ0n) is 36.1. The summed E-state index contributed by atoms with van der Waals surface area (Å²) in [6.07, 6.45) is 3.66. The SMILES string of the molecule is CCC1C=C(C)CC(C)CC(OC)C2C(=O)C(O)(C(=O)C(=O)N3CCCCC3C(=O)C(=O)C(C(C)=CC3CCC(O)C(OC)C3)C(C)C(O)CC1=O)C(C)CC2OC. The number of ketones is 5. The molecule has 0 spiro atoms. The molecule has 58 heavy (non-hydrogen) atoms. The lowest BCUT2D eigenvalue weighted by Crippen LogP contribution is -2.67. The van der Waals surface area contributed by atoms with Gasteiger partial charge in [-0.1, -0.05) is 51.0 Å². The minimum absolute atomic E-state index is 0.0466. The largest absolute Gasteiger partial charge is 0.392 e. The Labute approximate surface area is 344 Å². The highest BCUT2D eigenvalue weighted by Gasteiger charge is 2.61. The fraction of sp³-hybridized carbons (Fsp3) is 0.778. The van der Waals surface area contributed by atoms with Crippen molar-refractivity contribution in [2.75, 3.05) is 27.9 Å². The van der Waals surface area contributed by atoms with Crippen molar-refractivity contribution in [2.24, 2.45) is 41.4 Å². The summed E-state index contributed by atoms with van der Waals surface area (Å²) in [7, 11) is 4.42. The first-order valence-corrected chi connectivity index (χ1v) is 21.4. The molecule has 4 aliphatic rings. The summed E-state index contributed by atoms with van der Waals surface area (Å²) in [6, 6.07) is -1.35. The Balaban J connectivity index is 1.83. The van der Waals surface area contributed by atoms with E-state index in [9.17, 15) is 44.1 Å². The predicted octanol–water partition coefficient (Wildman–Crippen LogP) is 4.16. The van der Waals surface area contributed by atoms with E-state index in [-0.39, 0.29) is 43.4 Å². The van der Waals surface area contributed by atoms with E-state index in [1.807, 2.05) is 32.9 Å². The maximum absolute atomic E-state index is 14.7. The molecule has 0 radical (unpaired) electrons. The van der Waals surface area contributed by atoms with Gasteiger partial charge in [0.15, 0.2) is 11.4 Å². The third-order valence-electron chi connectivity index (χ3n) is 13.8. The molecule has 0 aromatic carbocycles. The smallest absolute Gasteiger partial charge is 0.294 e. The lowest BCUT2D eigenvalue weighted by molar-refractivity contribution is -0.183. The summed E-state index contributed by atoms with van der Waals surface area (Å²) in [5.74, 6) is -10.3. The van der Waals surface area contributed by atoms with Gasteiger partial charge in [-0.25, -0.2) is 0 Å². The lowest BCUT2D eigenvalue weighted by atomic mass is 9.64. The molecule has 3 N–H and O–H groups in total. The molecule has 0 aromatic heterocycles. The first kappa shape index (κ1) is 47.7. The number of allylic oxidation sites excluding steroid dienone is 4. The maximum Gasteiger partial charge on any atom is 0.294 e. The number of rotatable bonds is 6. The van der Waals surface area contributed by atoms with Crippen LogP contribution in [0.3, 0.4) is 0 Å². The second kappa shape index (κ2) is 20.5. The van der Waals surface area contributed by atoms with E-state index in [0.29, 0.717) is 56.9 Å². The number of aliphatic hydroxyl groups is 3. The number of methoxy groups -OCH3 is 3. The molecule has 14 atom stereocenters. The molecule has 13 nitrogen and oxygen atoms in total. The molecular weight excluding hydrogens is 746 g/mol. The van der Waals surface area contributed by atoms with Crippen molar-refractivity contribution in [3.8, 4) is 0 Å². The van der Waals surface area contributed by atoms with Gasteiger partial charge < -0.3 is 34.4 Å². The molecule has 4 rings (SSSR count). The molecule has 2 aliphatic heterocycles.